The van der Waals surface area contributed by atoms with Gasteiger partial charge in [0.1, 0.15) is 16.9 Å². The van der Waals surface area contributed by atoms with Crippen LogP contribution in [-0.4, -0.2) is 82.4 Å². The Kier molecular flexibility index (Phi) is 8.07. The highest BCUT2D eigenvalue weighted by Gasteiger charge is 2.47. The molecule has 3 N–H and O–H groups in total. The molecule has 0 radical (unpaired) electrons. The van der Waals surface area contributed by atoms with Crippen molar-refractivity contribution in [2.75, 3.05) is 57.5 Å². The fourth-order valence-electron chi connectivity index (χ4n) is 5.84. The molecule has 0 atom stereocenters. The van der Waals surface area contributed by atoms with E-state index in [1.807, 2.05) is 6.07 Å². The number of ether oxygens (including phenoxy) is 2. The molecule has 0 amide bonds. The third-order valence-corrected chi connectivity index (χ3v) is 7.82. The molecule has 2 aromatic heterocycles. The van der Waals surface area contributed by atoms with Gasteiger partial charge in [-0.1, -0.05) is 25.8 Å². The van der Waals surface area contributed by atoms with E-state index in [0.717, 1.165) is 80.5 Å². The Hall–Kier alpha value is -2.88. The van der Waals surface area contributed by atoms with E-state index in [4.69, 9.17) is 15.2 Å². The summed E-state index contributed by atoms with van der Waals surface area (Å²) in [7, 11) is 1.73. The normalized spacial score (nSPS) is 17.8. The number of methoxy groups -OCH3 is 1. The van der Waals surface area contributed by atoms with Gasteiger partial charge in [0.15, 0.2) is 5.82 Å². The fraction of sp³-hybridized carbons (Fsp3) is 0.586. The first-order chi connectivity index (χ1) is 18.4. The number of nitrogens with one attached hydrogen (secondary N) is 1. The number of nitrogens with zero attached hydrogens (tertiary/aromatic N) is 5. The second-order valence-electron chi connectivity index (χ2n) is 11.1. The highest BCUT2D eigenvalue weighted by molar-refractivity contribution is 5.87. The lowest BCUT2D eigenvalue weighted by atomic mass is 9.90. The summed E-state index contributed by atoms with van der Waals surface area (Å²) in [5.74, 6) is 1.96. The number of aromatic nitrogens is 3. The standard InChI is InChI=1S/C29H43N7O2/c1-5-6-7-11-31-27-26-24(32-28(30)33-27)10-12-35(26)17-23-15-22(8-9-25(23)37-4)16-34-18-29(19-34)20-36(21(2)3)13-14-38-29/h8-10,12,15,21H,5-7,11,13-14,16-20H2,1-4H3,(H3,30,31,32,33). The molecule has 3 aromatic rings. The number of likely N-dealkylation sites (tertiary alicyclic amines) is 1. The van der Waals surface area contributed by atoms with Gasteiger partial charge in [-0.05, 0) is 44.0 Å². The summed E-state index contributed by atoms with van der Waals surface area (Å²) in [6.45, 7) is 14.0. The second-order valence-corrected chi connectivity index (χ2v) is 11.1. The van der Waals surface area contributed by atoms with E-state index in [1.165, 1.54) is 18.4 Å². The van der Waals surface area contributed by atoms with Crippen LogP contribution >= 0.6 is 0 Å². The Morgan fingerprint density at radius 1 is 1.13 bits per heavy atom. The van der Waals surface area contributed by atoms with Gasteiger partial charge in [0.2, 0.25) is 5.95 Å². The third kappa shape index (κ3) is 5.75. The Bertz CT molecular complexity index is 1240. The summed E-state index contributed by atoms with van der Waals surface area (Å²) in [6.07, 6.45) is 5.51. The molecule has 0 unspecified atom stereocenters. The van der Waals surface area contributed by atoms with Gasteiger partial charge < -0.3 is 25.1 Å². The summed E-state index contributed by atoms with van der Waals surface area (Å²) in [4.78, 5) is 14.0. The van der Waals surface area contributed by atoms with E-state index < -0.39 is 0 Å². The maximum absolute atomic E-state index is 6.25. The molecule has 9 nitrogen and oxygen atoms in total. The lowest BCUT2D eigenvalue weighted by Crippen LogP contribution is -2.70. The number of rotatable bonds is 11. The maximum Gasteiger partial charge on any atom is 0.222 e. The highest BCUT2D eigenvalue weighted by Crippen LogP contribution is 2.32. The zero-order chi connectivity index (χ0) is 26.7. The van der Waals surface area contributed by atoms with Crippen LogP contribution in [0.2, 0.25) is 0 Å². The number of morpholine rings is 1. The molecular formula is C29H43N7O2. The summed E-state index contributed by atoms with van der Waals surface area (Å²) in [5, 5.41) is 3.49. The number of benzene rings is 1. The van der Waals surface area contributed by atoms with Crippen molar-refractivity contribution < 1.29 is 9.47 Å². The molecule has 2 aliphatic rings. The lowest BCUT2D eigenvalue weighted by molar-refractivity contribution is -0.189. The molecule has 2 aliphatic heterocycles. The van der Waals surface area contributed by atoms with Crippen molar-refractivity contribution in [1.29, 1.82) is 0 Å². The first kappa shape index (κ1) is 26.7. The fourth-order valence-corrected chi connectivity index (χ4v) is 5.84. The molecule has 5 rings (SSSR count). The number of hydrogen-bond acceptors (Lipinski definition) is 8. The van der Waals surface area contributed by atoms with Crippen molar-refractivity contribution in [3.63, 3.8) is 0 Å². The summed E-state index contributed by atoms with van der Waals surface area (Å²) in [5.41, 5.74) is 10.2. The number of anilines is 2. The molecule has 2 fully saturated rings. The topological polar surface area (TPSA) is 93.7 Å². The van der Waals surface area contributed by atoms with Gasteiger partial charge in [-0.15, -0.1) is 0 Å². The number of fused-ring (bicyclic) bond motifs is 1. The van der Waals surface area contributed by atoms with Gasteiger partial charge in [0.05, 0.1) is 25.8 Å². The molecule has 1 spiro atoms. The van der Waals surface area contributed by atoms with Crippen molar-refractivity contribution in [3.05, 3.63) is 41.6 Å². The minimum atomic E-state index is -0.00967. The van der Waals surface area contributed by atoms with Gasteiger partial charge in [-0.3, -0.25) is 9.80 Å². The van der Waals surface area contributed by atoms with Gasteiger partial charge in [-0.2, -0.15) is 4.98 Å². The van der Waals surface area contributed by atoms with Gasteiger partial charge >= 0.3 is 0 Å². The first-order valence-electron chi connectivity index (χ1n) is 14.0. The average molecular weight is 522 g/mol. The van der Waals surface area contributed by atoms with Crippen LogP contribution in [0.1, 0.15) is 51.2 Å². The first-order valence-corrected chi connectivity index (χ1v) is 14.0. The third-order valence-electron chi connectivity index (χ3n) is 7.82. The molecule has 2 saturated heterocycles. The van der Waals surface area contributed by atoms with Gasteiger partial charge in [-0.25, -0.2) is 4.98 Å². The molecule has 0 bridgehead atoms. The minimum absolute atomic E-state index is 0.00967. The molecular weight excluding hydrogens is 478 g/mol. The van der Waals surface area contributed by atoms with Crippen LogP contribution in [-0.2, 0) is 17.8 Å². The van der Waals surface area contributed by atoms with Crippen molar-refractivity contribution >= 4 is 22.8 Å². The Morgan fingerprint density at radius 2 is 1.97 bits per heavy atom. The van der Waals surface area contributed by atoms with E-state index in [9.17, 15) is 0 Å². The second kappa shape index (κ2) is 11.5. The van der Waals surface area contributed by atoms with Crippen molar-refractivity contribution in [1.82, 2.24) is 24.3 Å². The maximum atomic E-state index is 6.25. The summed E-state index contributed by atoms with van der Waals surface area (Å²) in [6, 6.07) is 9.10. The summed E-state index contributed by atoms with van der Waals surface area (Å²) >= 11 is 0. The van der Waals surface area contributed by atoms with Crippen LogP contribution in [0.25, 0.3) is 11.0 Å². The van der Waals surface area contributed by atoms with Crippen molar-refractivity contribution in [2.45, 2.75) is 64.8 Å². The summed E-state index contributed by atoms with van der Waals surface area (Å²) < 4.78 is 14.2. The van der Waals surface area contributed by atoms with Gasteiger partial charge in [0, 0.05) is 57.1 Å². The molecule has 1 aromatic carbocycles. The lowest BCUT2D eigenvalue weighted by Gasteiger charge is -2.54. The van der Waals surface area contributed by atoms with Crippen molar-refractivity contribution in [2.24, 2.45) is 0 Å². The predicted molar refractivity (Wildman–Crippen MR) is 153 cm³/mol. The molecule has 4 heterocycles. The predicted octanol–water partition coefficient (Wildman–Crippen LogP) is 3.97. The van der Waals surface area contributed by atoms with Crippen LogP contribution < -0.4 is 15.8 Å². The van der Waals surface area contributed by atoms with Crippen LogP contribution in [0.15, 0.2) is 30.5 Å². The van der Waals surface area contributed by atoms with E-state index in [0.29, 0.717) is 18.5 Å². The Balaban J connectivity index is 1.31. The number of nitrogen functional groups attached to an aromatic ring is 1. The van der Waals surface area contributed by atoms with E-state index in [1.54, 1.807) is 7.11 Å². The van der Waals surface area contributed by atoms with Crippen LogP contribution in [0.3, 0.4) is 0 Å². The molecule has 9 heteroatoms. The van der Waals surface area contributed by atoms with E-state index in [-0.39, 0.29) is 5.60 Å². The zero-order valence-corrected chi connectivity index (χ0v) is 23.4. The Labute approximate surface area is 226 Å². The van der Waals surface area contributed by atoms with Crippen molar-refractivity contribution in [3.8, 4) is 5.75 Å². The average Bonchev–Trinajstić information content (AvgIpc) is 3.28. The van der Waals surface area contributed by atoms with Crippen LogP contribution in [0, 0.1) is 0 Å². The zero-order valence-electron chi connectivity index (χ0n) is 23.4. The Morgan fingerprint density at radius 3 is 2.74 bits per heavy atom. The van der Waals surface area contributed by atoms with E-state index >= 15 is 0 Å². The quantitative estimate of drug-likeness (QED) is 0.366. The number of nitrogens with two attached hydrogens (primary N) is 1. The monoisotopic (exact) mass is 521 g/mol. The molecule has 206 valence electrons. The van der Waals surface area contributed by atoms with E-state index in [2.05, 4.69) is 74.8 Å². The largest absolute Gasteiger partial charge is 0.496 e. The van der Waals surface area contributed by atoms with Crippen LogP contribution in [0.4, 0.5) is 11.8 Å². The smallest absolute Gasteiger partial charge is 0.222 e. The SMILES string of the molecule is CCCCCNc1nc(N)nc2ccn(Cc3cc(CN4CC5(C4)CN(C(C)C)CCO5)ccc3OC)c12. The molecule has 0 saturated carbocycles. The number of hydrogen-bond donors (Lipinski definition) is 2. The van der Waals surface area contributed by atoms with Gasteiger partial charge in [0.25, 0.3) is 0 Å². The minimum Gasteiger partial charge on any atom is -0.496 e. The number of unbranched alkanes of at least 4 members (excludes halogenated alkanes) is 2. The molecule has 38 heavy (non-hydrogen) atoms. The van der Waals surface area contributed by atoms with Crippen LogP contribution in [0.5, 0.6) is 5.75 Å². The molecule has 0 aliphatic carbocycles. The highest BCUT2D eigenvalue weighted by atomic mass is 16.5.